The minimum Gasteiger partial charge on any atom is -0.480 e. The first-order chi connectivity index (χ1) is 8.24. The summed E-state index contributed by atoms with van der Waals surface area (Å²) in [5.74, 6) is 0.812. The molecule has 0 aromatic heterocycles. The lowest BCUT2D eigenvalue weighted by Crippen LogP contribution is -2.31. The molecule has 1 aromatic carbocycles. The molecule has 1 heterocycles. The Hall–Kier alpha value is -1.91. The molecule has 0 bridgehead atoms. The fourth-order valence-electron chi connectivity index (χ4n) is 1.98. The van der Waals surface area contributed by atoms with Crippen LogP contribution in [0, 0.1) is 5.92 Å². The number of ether oxygens (including phenoxy) is 2. The zero-order valence-corrected chi connectivity index (χ0v) is 9.18. The van der Waals surface area contributed by atoms with Crippen LogP contribution in [0.1, 0.15) is 12.8 Å². The number of fused-ring (bicyclic) bond motifs is 1. The van der Waals surface area contributed by atoms with Crippen molar-refractivity contribution in [2.24, 2.45) is 5.92 Å². The fourth-order valence-corrected chi connectivity index (χ4v) is 1.98. The number of carboxylic acids is 1. The Balaban J connectivity index is 1.77. The van der Waals surface area contributed by atoms with E-state index in [0.717, 1.165) is 18.5 Å². The van der Waals surface area contributed by atoms with E-state index in [9.17, 15) is 4.79 Å². The summed E-state index contributed by atoms with van der Waals surface area (Å²) >= 11 is 0. The van der Waals surface area contributed by atoms with Gasteiger partial charge in [0.05, 0.1) is 0 Å². The van der Waals surface area contributed by atoms with Gasteiger partial charge in [-0.25, -0.2) is 4.79 Å². The van der Waals surface area contributed by atoms with E-state index in [0.29, 0.717) is 11.5 Å². The molecule has 0 amide bonds. The predicted octanol–water partition coefficient (Wildman–Crippen LogP) is 1.69. The van der Waals surface area contributed by atoms with Crippen molar-refractivity contribution in [2.45, 2.75) is 18.9 Å². The lowest BCUT2D eigenvalue weighted by molar-refractivity contribution is -0.138. The second kappa shape index (κ2) is 3.84. The van der Waals surface area contributed by atoms with E-state index in [2.05, 4.69) is 5.32 Å². The van der Waals surface area contributed by atoms with Gasteiger partial charge in [-0.15, -0.1) is 0 Å². The maximum atomic E-state index is 11.1. The van der Waals surface area contributed by atoms with Gasteiger partial charge in [0.1, 0.15) is 6.04 Å². The molecule has 2 N–H and O–H groups in total. The third kappa shape index (κ3) is 2.00. The number of nitrogens with one attached hydrogen (secondary N) is 1. The van der Waals surface area contributed by atoms with Crippen LogP contribution < -0.4 is 14.8 Å². The van der Waals surface area contributed by atoms with Crippen molar-refractivity contribution in [3.63, 3.8) is 0 Å². The van der Waals surface area contributed by atoms with Crippen LogP contribution in [-0.2, 0) is 4.79 Å². The molecular formula is C12H13NO4. The number of rotatable bonds is 4. The van der Waals surface area contributed by atoms with Crippen molar-refractivity contribution < 1.29 is 19.4 Å². The van der Waals surface area contributed by atoms with E-state index in [-0.39, 0.29) is 12.7 Å². The van der Waals surface area contributed by atoms with E-state index in [4.69, 9.17) is 14.6 Å². The normalized spacial score (nSPS) is 18.8. The van der Waals surface area contributed by atoms with E-state index < -0.39 is 12.0 Å². The SMILES string of the molecule is O=C(O)C(Nc1ccc2c(c1)OCO2)C1CC1. The van der Waals surface area contributed by atoms with Gasteiger partial charge >= 0.3 is 5.97 Å². The molecule has 1 aliphatic heterocycles. The van der Waals surface area contributed by atoms with Gasteiger partial charge in [-0.1, -0.05) is 0 Å². The highest BCUT2D eigenvalue weighted by molar-refractivity contribution is 5.78. The average Bonchev–Trinajstić information content (AvgIpc) is 3.03. The van der Waals surface area contributed by atoms with Crippen LogP contribution in [0.4, 0.5) is 5.69 Å². The number of aliphatic carboxylic acids is 1. The van der Waals surface area contributed by atoms with Crippen LogP contribution in [0.2, 0.25) is 0 Å². The van der Waals surface area contributed by atoms with E-state index in [1.165, 1.54) is 0 Å². The van der Waals surface area contributed by atoms with Crippen molar-refractivity contribution >= 4 is 11.7 Å². The van der Waals surface area contributed by atoms with Crippen molar-refractivity contribution in [3.05, 3.63) is 18.2 Å². The molecule has 90 valence electrons. The van der Waals surface area contributed by atoms with Crippen LogP contribution in [0.25, 0.3) is 0 Å². The monoisotopic (exact) mass is 235 g/mol. The van der Waals surface area contributed by atoms with Gasteiger partial charge < -0.3 is 19.9 Å². The lowest BCUT2D eigenvalue weighted by Gasteiger charge is -2.15. The maximum absolute atomic E-state index is 11.1. The van der Waals surface area contributed by atoms with Gasteiger partial charge in [0.15, 0.2) is 11.5 Å². The highest BCUT2D eigenvalue weighted by Gasteiger charge is 2.36. The molecular weight excluding hydrogens is 222 g/mol. The Morgan fingerprint density at radius 3 is 2.82 bits per heavy atom. The molecule has 3 rings (SSSR count). The first-order valence-corrected chi connectivity index (χ1v) is 5.63. The molecule has 0 radical (unpaired) electrons. The molecule has 1 saturated carbocycles. The average molecular weight is 235 g/mol. The van der Waals surface area contributed by atoms with Crippen molar-refractivity contribution in [3.8, 4) is 11.5 Å². The molecule has 1 unspecified atom stereocenters. The topological polar surface area (TPSA) is 67.8 Å². The molecule has 5 heteroatoms. The van der Waals surface area contributed by atoms with E-state index in [1.807, 2.05) is 6.07 Å². The second-order valence-electron chi connectivity index (χ2n) is 4.37. The Bertz CT molecular complexity index is 456. The molecule has 17 heavy (non-hydrogen) atoms. The van der Waals surface area contributed by atoms with Crippen LogP contribution in [-0.4, -0.2) is 23.9 Å². The summed E-state index contributed by atoms with van der Waals surface area (Å²) < 4.78 is 10.4. The summed E-state index contributed by atoms with van der Waals surface area (Å²) in [4.78, 5) is 11.1. The van der Waals surface area contributed by atoms with Gasteiger partial charge in [0, 0.05) is 11.8 Å². The molecule has 1 atom stereocenters. The first-order valence-electron chi connectivity index (χ1n) is 5.63. The summed E-state index contributed by atoms with van der Waals surface area (Å²) in [7, 11) is 0. The minimum atomic E-state index is -0.801. The molecule has 0 spiro atoms. The molecule has 1 aromatic rings. The van der Waals surface area contributed by atoms with Gasteiger partial charge in [-0.05, 0) is 30.9 Å². The van der Waals surface area contributed by atoms with Crippen LogP contribution in [0.3, 0.4) is 0 Å². The summed E-state index contributed by atoms with van der Waals surface area (Å²) in [6.07, 6.45) is 1.96. The number of anilines is 1. The van der Waals surface area contributed by atoms with Crippen molar-refractivity contribution in [1.29, 1.82) is 0 Å². The van der Waals surface area contributed by atoms with Crippen LogP contribution >= 0.6 is 0 Å². The molecule has 2 aliphatic rings. The van der Waals surface area contributed by atoms with Gasteiger partial charge in [-0.3, -0.25) is 0 Å². The number of hydrogen-bond donors (Lipinski definition) is 2. The Labute approximate surface area is 98.3 Å². The quantitative estimate of drug-likeness (QED) is 0.831. The van der Waals surface area contributed by atoms with E-state index >= 15 is 0 Å². The van der Waals surface area contributed by atoms with Crippen LogP contribution in [0.5, 0.6) is 11.5 Å². The second-order valence-corrected chi connectivity index (χ2v) is 4.37. The standard InChI is InChI=1S/C12H13NO4/c14-12(15)11(7-1-2-7)13-8-3-4-9-10(5-8)17-6-16-9/h3-5,7,11,13H,1-2,6H2,(H,14,15). The maximum Gasteiger partial charge on any atom is 0.326 e. The highest BCUT2D eigenvalue weighted by Crippen LogP contribution is 2.37. The number of carboxylic acid groups (broad SMARTS) is 1. The lowest BCUT2D eigenvalue weighted by atomic mass is 10.1. The Morgan fingerprint density at radius 1 is 1.35 bits per heavy atom. The largest absolute Gasteiger partial charge is 0.480 e. The Morgan fingerprint density at radius 2 is 2.12 bits per heavy atom. The molecule has 5 nitrogen and oxygen atoms in total. The summed E-state index contributed by atoms with van der Waals surface area (Å²) in [6.45, 7) is 0.226. The van der Waals surface area contributed by atoms with Crippen LogP contribution in [0.15, 0.2) is 18.2 Å². The summed E-state index contributed by atoms with van der Waals surface area (Å²) in [5, 5.41) is 12.2. The number of hydrogen-bond acceptors (Lipinski definition) is 4. The zero-order valence-electron chi connectivity index (χ0n) is 9.18. The van der Waals surface area contributed by atoms with Crippen molar-refractivity contribution in [1.82, 2.24) is 0 Å². The fraction of sp³-hybridized carbons (Fsp3) is 0.417. The number of benzene rings is 1. The molecule has 1 aliphatic carbocycles. The summed E-state index contributed by atoms with van der Waals surface area (Å²) in [6, 6.07) is 4.87. The minimum absolute atomic E-state index is 0.226. The molecule has 1 fully saturated rings. The smallest absolute Gasteiger partial charge is 0.326 e. The predicted molar refractivity (Wildman–Crippen MR) is 60.3 cm³/mol. The van der Waals surface area contributed by atoms with Gasteiger partial charge in [0.25, 0.3) is 0 Å². The van der Waals surface area contributed by atoms with Crippen molar-refractivity contribution in [2.75, 3.05) is 12.1 Å². The third-order valence-electron chi connectivity index (χ3n) is 3.05. The number of carbonyl (C=O) groups is 1. The zero-order chi connectivity index (χ0) is 11.8. The van der Waals surface area contributed by atoms with Gasteiger partial charge in [0.2, 0.25) is 6.79 Å². The van der Waals surface area contributed by atoms with E-state index in [1.54, 1.807) is 12.1 Å². The third-order valence-corrected chi connectivity index (χ3v) is 3.05. The Kier molecular flexibility index (Phi) is 2.31. The highest BCUT2D eigenvalue weighted by atomic mass is 16.7. The molecule has 0 saturated heterocycles. The van der Waals surface area contributed by atoms with Gasteiger partial charge in [-0.2, -0.15) is 0 Å². The first kappa shape index (κ1) is 10.3. The summed E-state index contributed by atoms with van der Waals surface area (Å²) in [5.41, 5.74) is 0.758.